The van der Waals surface area contributed by atoms with Crippen LogP contribution in [0, 0.1) is 0 Å². The number of amides is 3. The van der Waals surface area contributed by atoms with E-state index in [0.717, 1.165) is 31.6 Å². The molecular formula is C18H27N5O2. The lowest BCUT2D eigenvalue weighted by Crippen LogP contribution is -2.51. The molecule has 3 heterocycles. The van der Waals surface area contributed by atoms with Gasteiger partial charge in [0.1, 0.15) is 5.82 Å². The van der Waals surface area contributed by atoms with Crippen LogP contribution in [0.5, 0.6) is 0 Å². The van der Waals surface area contributed by atoms with Crippen molar-refractivity contribution in [3.05, 3.63) is 18.2 Å². The van der Waals surface area contributed by atoms with Crippen LogP contribution in [0.1, 0.15) is 52.3 Å². The maximum Gasteiger partial charge on any atom is 0.322 e. The first-order chi connectivity index (χ1) is 11.8. The molecule has 1 atom stereocenters. The van der Waals surface area contributed by atoms with Gasteiger partial charge in [-0.05, 0) is 19.3 Å². The number of urea groups is 1. The van der Waals surface area contributed by atoms with Crippen LogP contribution >= 0.6 is 0 Å². The Labute approximate surface area is 148 Å². The Morgan fingerprint density at radius 2 is 1.92 bits per heavy atom. The first kappa shape index (κ1) is 17.6. The number of rotatable bonds is 2. The summed E-state index contributed by atoms with van der Waals surface area (Å²) in [6, 6.07) is -0.00234. The maximum atomic E-state index is 12.5. The van der Waals surface area contributed by atoms with Crippen LogP contribution in [0.15, 0.2) is 12.4 Å². The Balaban J connectivity index is 1.60. The highest BCUT2D eigenvalue weighted by molar-refractivity contribution is 5.89. The van der Waals surface area contributed by atoms with Crippen LogP contribution in [-0.4, -0.2) is 57.4 Å². The van der Waals surface area contributed by atoms with E-state index >= 15 is 0 Å². The lowest BCUT2D eigenvalue weighted by Gasteiger charge is -2.37. The topological polar surface area (TPSA) is 78.4 Å². The van der Waals surface area contributed by atoms with Gasteiger partial charge in [-0.15, -0.1) is 0 Å². The standard InChI is InChI=1S/C18H27N5O2/c1-18(2,3)16-19-10-13(11-20-16)21-17(25)22-8-4-6-14(12-22)23-9-5-7-15(23)24/h10-11,14H,4-9,12H2,1-3H3,(H,21,25). The number of carbonyl (C=O) groups is 2. The minimum atomic E-state index is -0.150. The van der Waals surface area contributed by atoms with Crippen molar-refractivity contribution in [1.82, 2.24) is 19.8 Å². The third-order valence-corrected chi connectivity index (χ3v) is 4.81. The number of piperidine rings is 1. The minimum Gasteiger partial charge on any atom is -0.338 e. The van der Waals surface area contributed by atoms with Gasteiger partial charge < -0.3 is 15.1 Å². The van der Waals surface area contributed by atoms with Gasteiger partial charge in [-0.25, -0.2) is 14.8 Å². The molecule has 0 aliphatic carbocycles. The molecular weight excluding hydrogens is 318 g/mol. The number of anilines is 1. The van der Waals surface area contributed by atoms with Crippen molar-refractivity contribution in [3.63, 3.8) is 0 Å². The second-order valence-electron chi connectivity index (χ2n) is 7.91. The Bertz CT molecular complexity index is 638. The Morgan fingerprint density at radius 3 is 2.52 bits per heavy atom. The van der Waals surface area contributed by atoms with Crippen LogP contribution in [0.2, 0.25) is 0 Å². The average Bonchev–Trinajstić information content (AvgIpc) is 3.01. The molecule has 2 aliphatic rings. The van der Waals surface area contributed by atoms with Crippen molar-refractivity contribution in [2.75, 3.05) is 25.0 Å². The first-order valence-electron chi connectivity index (χ1n) is 9.02. The van der Waals surface area contributed by atoms with E-state index in [2.05, 4.69) is 15.3 Å². The van der Waals surface area contributed by atoms with E-state index in [-0.39, 0.29) is 23.4 Å². The lowest BCUT2D eigenvalue weighted by molar-refractivity contribution is -0.130. The molecule has 0 bridgehead atoms. The van der Waals surface area contributed by atoms with Crippen LogP contribution in [0.3, 0.4) is 0 Å². The van der Waals surface area contributed by atoms with Crippen molar-refractivity contribution in [1.29, 1.82) is 0 Å². The second-order valence-corrected chi connectivity index (χ2v) is 7.91. The Kier molecular flexibility index (Phi) is 4.92. The maximum absolute atomic E-state index is 12.5. The highest BCUT2D eigenvalue weighted by Crippen LogP contribution is 2.22. The van der Waals surface area contributed by atoms with E-state index in [1.165, 1.54) is 0 Å². The van der Waals surface area contributed by atoms with Crippen LogP contribution in [0.25, 0.3) is 0 Å². The van der Waals surface area contributed by atoms with Gasteiger partial charge in [0, 0.05) is 37.5 Å². The zero-order valence-corrected chi connectivity index (χ0v) is 15.3. The molecule has 1 aromatic rings. The second kappa shape index (κ2) is 6.98. The fraction of sp³-hybridized carbons (Fsp3) is 0.667. The summed E-state index contributed by atoms with van der Waals surface area (Å²) >= 11 is 0. The monoisotopic (exact) mass is 345 g/mol. The molecule has 2 aliphatic heterocycles. The molecule has 1 unspecified atom stereocenters. The predicted octanol–water partition coefficient (Wildman–Crippen LogP) is 2.39. The highest BCUT2D eigenvalue weighted by atomic mass is 16.2. The van der Waals surface area contributed by atoms with E-state index in [1.807, 2.05) is 25.7 Å². The normalized spacial score (nSPS) is 21.6. The Hall–Kier alpha value is -2.18. The van der Waals surface area contributed by atoms with Gasteiger partial charge in [-0.3, -0.25) is 4.79 Å². The van der Waals surface area contributed by atoms with Gasteiger partial charge in [0.15, 0.2) is 0 Å². The molecule has 0 spiro atoms. The third-order valence-electron chi connectivity index (χ3n) is 4.81. The fourth-order valence-corrected chi connectivity index (χ4v) is 3.43. The summed E-state index contributed by atoms with van der Waals surface area (Å²) in [4.78, 5) is 36.9. The summed E-state index contributed by atoms with van der Waals surface area (Å²) in [7, 11) is 0. The van der Waals surface area contributed by atoms with Gasteiger partial charge in [-0.2, -0.15) is 0 Å². The largest absolute Gasteiger partial charge is 0.338 e. The number of hydrogen-bond donors (Lipinski definition) is 1. The van der Waals surface area contributed by atoms with Crippen LogP contribution in [-0.2, 0) is 10.2 Å². The van der Waals surface area contributed by atoms with E-state index in [9.17, 15) is 9.59 Å². The van der Waals surface area contributed by atoms with E-state index in [1.54, 1.807) is 17.3 Å². The quantitative estimate of drug-likeness (QED) is 0.893. The molecule has 2 fully saturated rings. The SMILES string of the molecule is CC(C)(C)c1ncc(NC(=O)N2CCCC(N3CCCC3=O)C2)cn1. The Morgan fingerprint density at radius 1 is 1.20 bits per heavy atom. The summed E-state index contributed by atoms with van der Waals surface area (Å²) < 4.78 is 0. The summed E-state index contributed by atoms with van der Waals surface area (Å²) in [5.74, 6) is 0.967. The van der Waals surface area contributed by atoms with Gasteiger partial charge in [-0.1, -0.05) is 20.8 Å². The van der Waals surface area contributed by atoms with Crippen molar-refractivity contribution >= 4 is 17.6 Å². The van der Waals surface area contributed by atoms with Gasteiger partial charge in [0.05, 0.1) is 18.1 Å². The van der Waals surface area contributed by atoms with Gasteiger partial charge in [0.2, 0.25) is 5.91 Å². The molecule has 25 heavy (non-hydrogen) atoms. The number of likely N-dealkylation sites (tertiary alicyclic amines) is 2. The number of nitrogens with one attached hydrogen (secondary N) is 1. The van der Waals surface area contributed by atoms with E-state index < -0.39 is 0 Å². The first-order valence-corrected chi connectivity index (χ1v) is 9.02. The molecule has 136 valence electrons. The van der Waals surface area contributed by atoms with Crippen molar-refractivity contribution in [2.24, 2.45) is 0 Å². The molecule has 3 amide bonds. The molecule has 7 heteroatoms. The molecule has 3 rings (SSSR count). The van der Waals surface area contributed by atoms with Crippen LogP contribution < -0.4 is 5.32 Å². The number of carbonyl (C=O) groups excluding carboxylic acids is 2. The van der Waals surface area contributed by atoms with Crippen LogP contribution in [0.4, 0.5) is 10.5 Å². The van der Waals surface area contributed by atoms with Gasteiger partial charge in [0.25, 0.3) is 0 Å². The average molecular weight is 345 g/mol. The lowest BCUT2D eigenvalue weighted by atomic mass is 9.96. The van der Waals surface area contributed by atoms with E-state index in [0.29, 0.717) is 25.2 Å². The molecule has 0 saturated carbocycles. The molecule has 0 radical (unpaired) electrons. The summed E-state index contributed by atoms with van der Waals surface area (Å²) in [5.41, 5.74) is 0.475. The van der Waals surface area contributed by atoms with Crippen molar-refractivity contribution < 1.29 is 9.59 Å². The summed E-state index contributed by atoms with van der Waals surface area (Å²) in [5, 5.41) is 2.87. The number of hydrogen-bond acceptors (Lipinski definition) is 4. The molecule has 1 N–H and O–H groups in total. The molecule has 0 aromatic carbocycles. The van der Waals surface area contributed by atoms with Crippen molar-refractivity contribution in [2.45, 2.75) is 57.9 Å². The zero-order valence-electron chi connectivity index (χ0n) is 15.3. The predicted molar refractivity (Wildman–Crippen MR) is 95.3 cm³/mol. The van der Waals surface area contributed by atoms with E-state index in [4.69, 9.17) is 0 Å². The molecule has 2 saturated heterocycles. The number of nitrogens with zero attached hydrogens (tertiary/aromatic N) is 4. The third kappa shape index (κ3) is 4.08. The summed E-state index contributed by atoms with van der Waals surface area (Å²) in [6.07, 6.45) is 6.76. The molecule has 7 nitrogen and oxygen atoms in total. The fourth-order valence-electron chi connectivity index (χ4n) is 3.43. The smallest absolute Gasteiger partial charge is 0.322 e. The molecule has 1 aromatic heterocycles. The van der Waals surface area contributed by atoms with Gasteiger partial charge >= 0.3 is 6.03 Å². The van der Waals surface area contributed by atoms with Crippen molar-refractivity contribution in [3.8, 4) is 0 Å². The number of aromatic nitrogens is 2. The zero-order chi connectivity index (χ0) is 18.0. The highest BCUT2D eigenvalue weighted by Gasteiger charge is 2.32. The summed E-state index contributed by atoms with van der Waals surface area (Å²) in [6.45, 7) is 8.28. The minimum absolute atomic E-state index is 0.120.